The molecule has 96 valence electrons. The lowest BCUT2D eigenvalue weighted by Gasteiger charge is -2.40. The van der Waals surface area contributed by atoms with E-state index in [1.165, 1.54) is 5.57 Å². The molecule has 18 heavy (non-hydrogen) atoms. The summed E-state index contributed by atoms with van der Waals surface area (Å²) in [6, 6.07) is 0. The average Bonchev–Trinajstić information content (AvgIpc) is 2.60. The van der Waals surface area contributed by atoms with Gasteiger partial charge in [0, 0.05) is 12.3 Å². The van der Waals surface area contributed by atoms with Crippen molar-refractivity contribution in [3.8, 4) is 0 Å². The lowest BCUT2D eigenvalue weighted by Crippen LogP contribution is -2.42. The van der Waals surface area contributed by atoms with E-state index in [1.807, 2.05) is 26.0 Å². The molecule has 0 aromatic carbocycles. The summed E-state index contributed by atoms with van der Waals surface area (Å²) in [4.78, 5) is 24.0. The molecule has 0 aromatic heterocycles. The molecule has 1 aliphatic heterocycles. The molecule has 1 heterocycles. The van der Waals surface area contributed by atoms with Crippen LogP contribution in [0.3, 0.4) is 0 Å². The van der Waals surface area contributed by atoms with Crippen molar-refractivity contribution in [2.45, 2.75) is 39.7 Å². The normalized spacial score (nSPS) is 42.7. The Bertz CT molecular complexity index is 500. The summed E-state index contributed by atoms with van der Waals surface area (Å²) in [5.74, 6) is 0.0974. The standard InChI is InChI=1S/C15H18O3/c1-8-4-5-11(16)15(3)7-6-10-9(2)14(17)18-13(10)12(8)15/h6-7,9-10,13H,4-5H2,1-3H3. The van der Waals surface area contributed by atoms with Crippen LogP contribution in [0, 0.1) is 17.3 Å². The number of carbonyl (C=O) groups is 2. The second-order valence-electron chi connectivity index (χ2n) is 5.90. The van der Waals surface area contributed by atoms with E-state index in [0.717, 1.165) is 12.0 Å². The summed E-state index contributed by atoms with van der Waals surface area (Å²) in [7, 11) is 0. The second-order valence-corrected chi connectivity index (χ2v) is 5.90. The molecule has 4 atom stereocenters. The minimum atomic E-state index is -0.548. The fourth-order valence-corrected chi connectivity index (χ4v) is 3.56. The molecule has 3 rings (SSSR count). The topological polar surface area (TPSA) is 43.4 Å². The molecule has 1 fully saturated rings. The van der Waals surface area contributed by atoms with E-state index in [-0.39, 0.29) is 29.7 Å². The summed E-state index contributed by atoms with van der Waals surface area (Å²) in [5.41, 5.74) is 1.72. The number of ether oxygens (including phenoxy) is 1. The van der Waals surface area contributed by atoms with Crippen LogP contribution < -0.4 is 0 Å². The van der Waals surface area contributed by atoms with E-state index in [1.54, 1.807) is 0 Å². The summed E-state index contributed by atoms with van der Waals surface area (Å²) >= 11 is 0. The smallest absolute Gasteiger partial charge is 0.310 e. The zero-order valence-electron chi connectivity index (χ0n) is 11.0. The lowest BCUT2D eigenvalue weighted by atomic mass is 9.62. The van der Waals surface area contributed by atoms with Crippen LogP contribution in [0.25, 0.3) is 0 Å². The Balaban J connectivity index is 2.15. The van der Waals surface area contributed by atoms with E-state index in [0.29, 0.717) is 6.42 Å². The molecule has 0 saturated carbocycles. The van der Waals surface area contributed by atoms with Crippen molar-refractivity contribution in [1.29, 1.82) is 0 Å². The van der Waals surface area contributed by atoms with Gasteiger partial charge in [-0.2, -0.15) is 0 Å². The molecule has 0 radical (unpaired) electrons. The highest BCUT2D eigenvalue weighted by Crippen LogP contribution is 2.50. The van der Waals surface area contributed by atoms with Gasteiger partial charge in [0.1, 0.15) is 11.9 Å². The number of fused-ring (bicyclic) bond motifs is 3. The Morgan fingerprint density at radius 2 is 2.06 bits per heavy atom. The van der Waals surface area contributed by atoms with Crippen LogP contribution in [0.15, 0.2) is 23.3 Å². The van der Waals surface area contributed by atoms with Crippen LogP contribution >= 0.6 is 0 Å². The predicted molar refractivity (Wildman–Crippen MR) is 66.7 cm³/mol. The molecule has 0 N–H and O–H groups in total. The van der Waals surface area contributed by atoms with Crippen molar-refractivity contribution in [2.75, 3.05) is 0 Å². The second kappa shape index (κ2) is 3.56. The van der Waals surface area contributed by atoms with Gasteiger partial charge < -0.3 is 4.74 Å². The van der Waals surface area contributed by atoms with Crippen LogP contribution in [0.4, 0.5) is 0 Å². The third kappa shape index (κ3) is 1.30. The Kier molecular flexibility index (Phi) is 2.31. The molecule has 0 aromatic rings. The number of rotatable bonds is 0. The Hall–Kier alpha value is -1.38. The minimum absolute atomic E-state index is 0.0985. The van der Waals surface area contributed by atoms with Crippen LogP contribution in [0.2, 0.25) is 0 Å². The molecular formula is C15H18O3. The summed E-state index contributed by atoms with van der Waals surface area (Å²) in [6.07, 6.45) is 5.18. The minimum Gasteiger partial charge on any atom is -0.457 e. The molecule has 4 unspecified atom stereocenters. The van der Waals surface area contributed by atoms with Gasteiger partial charge in [-0.15, -0.1) is 0 Å². The molecular weight excluding hydrogens is 228 g/mol. The maximum absolute atomic E-state index is 12.2. The van der Waals surface area contributed by atoms with Crippen molar-refractivity contribution in [3.63, 3.8) is 0 Å². The van der Waals surface area contributed by atoms with E-state index < -0.39 is 5.41 Å². The highest BCUT2D eigenvalue weighted by atomic mass is 16.6. The zero-order chi connectivity index (χ0) is 13.1. The number of allylic oxidation sites excluding steroid dienone is 2. The Labute approximate surface area is 107 Å². The van der Waals surface area contributed by atoms with Crippen LogP contribution in [0.1, 0.15) is 33.6 Å². The Morgan fingerprint density at radius 1 is 1.33 bits per heavy atom. The number of ketones is 1. The fourth-order valence-electron chi connectivity index (χ4n) is 3.56. The zero-order valence-corrected chi connectivity index (χ0v) is 11.0. The highest BCUT2D eigenvalue weighted by molar-refractivity contribution is 5.92. The first-order valence-corrected chi connectivity index (χ1v) is 6.58. The van der Waals surface area contributed by atoms with Gasteiger partial charge in [-0.25, -0.2) is 0 Å². The van der Waals surface area contributed by atoms with Gasteiger partial charge in [0.2, 0.25) is 0 Å². The maximum Gasteiger partial charge on any atom is 0.310 e. The summed E-state index contributed by atoms with van der Waals surface area (Å²) in [6.45, 7) is 5.92. The monoisotopic (exact) mass is 246 g/mol. The molecule has 3 nitrogen and oxygen atoms in total. The molecule has 0 bridgehead atoms. The van der Waals surface area contributed by atoms with E-state index in [4.69, 9.17) is 4.74 Å². The number of hydrogen-bond acceptors (Lipinski definition) is 3. The van der Waals surface area contributed by atoms with Gasteiger partial charge in [0.15, 0.2) is 0 Å². The quantitative estimate of drug-likeness (QED) is 0.487. The summed E-state index contributed by atoms with van der Waals surface area (Å²) < 4.78 is 5.53. The van der Waals surface area contributed by atoms with Crippen LogP contribution in [0.5, 0.6) is 0 Å². The predicted octanol–water partition coefficient (Wildman–Crippen LogP) is 2.42. The van der Waals surface area contributed by atoms with Crippen LogP contribution in [-0.2, 0) is 14.3 Å². The summed E-state index contributed by atoms with van der Waals surface area (Å²) in [5, 5.41) is 0. The maximum atomic E-state index is 12.2. The van der Waals surface area contributed by atoms with Crippen molar-refractivity contribution in [3.05, 3.63) is 23.3 Å². The van der Waals surface area contributed by atoms with Crippen molar-refractivity contribution >= 4 is 11.8 Å². The molecule has 3 aliphatic rings. The first-order valence-electron chi connectivity index (χ1n) is 6.58. The largest absolute Gasteiger partial charge is 0.457 e. The van der Waals surface area contributed by atoms with Crippen LogP contribution in [-0.4, -0.2) is 17.9 Å². The molecule has 1 saturated heterocycles. The fraction of sp³-hybridized carbons (Fsp3) is 0.600. The van der Waals surface area contributed by atoms with Gasteiger partial charge in [0.05, 0.1) is 11.3 Å². The van der Waals surface area contributed by atoms with Gasteiger partial charge in [-0.1, -0.05) is 24.6 Å². The molecule has 2 aliphatic carbocycles. The Morgan fingerprint density at radius 3 is 2.78 bits per heavy atom. The molecule has 3 heteroatoms. The molecule has 0 spiro atoms. The van der Waals surface area contributed by atoms with Crippen molar-refractivity contribution in [1.82, 2.24) is 0 Å². The molecule has 0 amide bonds. The van der Waals surface area contributed by atoms with E-state index >= 15 is 0 Å². The van der Waals surface area contributed by atoms with Gasteiger partial charge in [0.25, 0.3) is 0 Å². The SMILES string of the molecule is CC1=C2C3OC(=O)C(C)C3C=CC2(C)C(=O)CC1. The van der Waals surface area contributed by atoms with Gasteiger partial charge >= 0.3 is 5.97 Å². The van der Waals surface area contributed by atoms with E-state index in [2.05, 4.69) is 6.92 Å². The van der Waals surface area contributed by atoms with E-state index in [9.17, 15) is 9.59 Å². The van der Waals surface area contributed by atoms with Gasteiger partial charge in [-0.05, 0) is 25.8 Å². The number of carbonyl (C=O) groups excluding carboxylic acids is 2. The first-order chi connectivity index (χ1) is 8.45. The highest BCUT2D eigenvalue weighted by Gasteiger charge is 2.53. The first kappa shape index (κ1) is 11.7. The number of esters is 1. The third-order valence-electron chi connectivity index (χ3n) is 4.80. The lowest BCUT2D eigenvalue weighted by molar-refractivity contribution is -0.143. The van der Waals surface area contributed by atoms with Crippen molar-refractivity contribution in [2.24, 2.45) is 17.3 Å². The average molecular weight is 246 g/mol. The third-order valence-corrected chi connectivity index (χ3v) is 4.80. The number of Topliss-reactive ketones (excluding diaryl/α,β-unsaturated/α-hetero) is 1. The van der Waals surface area contributed by atoms with Gasteiger partial charge in [-0.3, -0.25) is 9.59 Å². The number of hydrogen-bond donors (Lipinski definition) is 0. The van der Waals surface area contributed by atoms with Crippen molar-refractivity contribution < 1.29 is 14.3 Å².